The average molecular weight is 400 g/mol. The summed E-state index contributed by atoms with van der Waals surface area (Å²) in [5, 5.41) is 12.9. The summed E-state index contributed by atoms with van der Waals surface area (Å²) in [6.07, 6.45) is 11.6. The Kier molecular flexibility index (Phi) is 16.1. The highest BCUT2D eigenvalue weighted by atomic mass is 16.3. The molecule has 3 atom stereocenters. The van der Waals surface area contributed by atoms with Crippen LogP contribution in [0.4, 0.5) is 0 Å². The van der Waals surface area contributed by atoms with Gasteiger partial charge in [-0.25, -0.2) is 0 Å². The molecule has 0 radical (unpaired) electrons. The summed E-state index contributed by atoms with van der Waals surface area (Å²) in [6.45, 7) is 4.12. The molecule has 0 aromatic heterocycles. The second-order valence-corrected chi connectivity index (χ2v) is 8.34. The largest absolute Gasteiger partial charge is 0.393 e. The van der Waals surface area contributed by atoms with Gasteiger partial charge in [-0.2, -0.15) is 0 Å². The van der Waals surface area contributed by atoms with Crippen LogP contribution in [-0.4, -0.2) is 48.2 Å². The van der Waals surface area contributed by atoms with Crippen molar-refractivity contribution in [2.75, 3.05) is 14.1 Å². The number of amides is 2. The number of carbonyl (C=O) groups is 2. The third-order valence-corrected chi connectivity index (χ3v) is 5.48. The smallest absolute Gasteiger partial charge is 0.221 e. The van der Waals surface area contributed by atoms with Gasteiger partial charge in [-0.15, -0.1) is 0 Å². The summed E-state index contributed by atoms with van der Waals surface area (Å²) in [4.78, 5) is 25.4. The Bertz CT molecular complexity index is 416. The van der Waals surface area contributed by atoms with E-state index in [9.17, 15) is 14.7 Å². The molecule has 6 heteroatoms. The molecular formula is C22H45N3O3. The zero-order chi connectivity index (χ0) is 21.4. The molecule has 0 spiro atoms. The van der Waals surface area contributed by atoms with Crippen molar-refractivity contribution < 1.29 is 14.7 Å². The van der Waals surface area contributed by atoms with Crippen molar-refractivity contribution >= 4 is 11.8 Å². The number of unbranched alkanes of at least 4 members (excludes halogenated alkanes) is 5. The Morgan fingerprint density at radius 3 is 2.11 bits per heavy atom. The molecule has 28 heavy (non-hydrogen) atoms. The Morgan fingerprint density at radius 1 is 0.929 bits per heavy atom. The predicted octanol–water partition coefficient (Wildman–Crippen LogP) is 3.56. The first kappa shape index (κ1) is 26.9. The van der Waals surface area contributed by atoms with Gasteiger partial charge in [0.1, 0.15) is 0 Å². The second kappa shape index (κ2) is 16.8. The first-order chi connectivity index (χ1) is 13.3. The van der Waals surface area contributed by atoms with E-state index in [1.807, 2.05) is 25.9 Å². The quantitative estimate of drug-likeness (QED) is 0.242. The summed E-state index contributed by atoms with van der Waals surface area (Å²) in [5.74, 6) is -0.224. The van der Waals surface area contributed by atoms with Gasteiger partial charge in [0.15, 0.2) is 0 Å². The number of nitrogens with two attached hydrogens (primary N) is 1. The highest BCUT2D eigenvalue weighted by Gasteiger charge is 2.15. The topological polar surface area (TPSA) is 95.7 Å². The normalized spacial score (nSPS) is 14.6. The number of aliphatic hydroxyl groups is 1. The van der Waals surface area contributed by atoms with Gasteiger partial charge in [0.25, 0.3) is 0 Å². The number of carbonyl (C=O) groups excluding carboxylic acids is 2. The number of nitrogens with one attached hydrogen (secondary N) is 1. The van der Waals surface area contributed by atoms with E-state index in [1.165, 1.54) is 0 Å². The van der Waals surface area contributed by atoms with Crippen LogP contribution in [-0.2, 0) is 9.59 Å². The number of nitrogens with zero attached hydrogens (tertiary/aromatic N) is 1. The molecule has 0 aliphatic carbocycles. The van der Waals surface area contributed by atoms with Gasteiger partial charge in [0.05, 0.1) is 12.3 Å². The van der Waals surface area contributed by atoms with Crippen LogP contribution in [0.3, 0.4) is 0 Å². The molecule has 0 saturated carbocycles. The molecule has 166 valence electrons. The average Bonchev–Trinajstić information content (AvgIpc) is 2.62. The van der Waals surface area contributed by atoms with E-state index in [4.69, 9.17) is 5.73 Å². The zero-order valence-electron chi connectivity index (χ0n) is 18.7. The lowest BCUT2D eigenvalue weighted by Crippen LogP contribution is -2.42. The lowest BCUT2D eigenvalue weighted by Gasteiger charge is -2.20. The third kappa shape index (κ3) is 14.9. The van der Waals surface area contributed by atoms with Gasteiger partial charge in [-0.1, -0.05) is 51.9 Å². The minimum absolute atomic E-state index is 0.0500. The molecule has 0 saturated heterocycles. The van der Waals surface area contributed by atoms with Crippen LogP contribution in [0, 0.1) is 5.92 Å². The molecule has 0 aliphatic rings. The van der Waals surface area contributed by atoms with E-state index >= 15 is 0 Å². The maximum atomic E-state index is 11.8. The molecule has 4 N–H and O–H groups in total. The molecule has 0 aromatic carbocycles. The van der Waals surface area contributed by atoms with E-state index in [1.54, 1.807) is 0 Å². The molecule has 0 bridgehead atoms. The predicted molar refractivity (Wildman–Crippen MR) is 116 cm³/mol. The fourth-order valence-corrected chi connectivity index (χ4v) is 3.27. The summed E-state index contributed by atoms with van der Waals surface area (Å²) >= 11 is 0. The zero-order valence-corrected chi connectivity index (χ0v) is 18.7. The van der Waals surface area contributed by atoms with E-state index in [-0.39, 0.29) is 30.0 Å². The van der Waals surface area contributed by atoms with Gasteiger partial charge in [0.2, 0.25) is 11.8 Å². The molecule has 3 unspecified atom stereocenters. The highest BCUT2D eigenvalue weighted by Crippen LogP contribution is 2.19. The molecule has 6 nitrogen and oxygen atoms in total. The first-order valence-corrected chi connectivity index (χ1v) is 11.2. The minimum atomic E-state index is -0.249. The van der Waals surface area contributed by atoms with Crippen molar-refractivity contribution in [3.63, 3.8) is 0 Å². The SMILES string of the molecule is CCCCCC(O)CCCC(CCCCCCC(=O)NC(C)N(C)C)C(N)=O. The van der Waals surface area contributed by atoms with Gasteiger partial charge in [-0.3, -0.25) is 14.5 Å². The van der Waals surface area contributed by atoms with Crippen molar-refractivity contribution in [3.05, 3.63) is 0 Å². The van der Waals surface area contributed by atoms with E-state index in [2.05, 4.69) is 12.2 Å². The molecular weight excluding hydrogens is 354 g/mol. The Morgan fingerprint density at radius 2 is 1.50 bits per heavy atom. The van der Waals surface area contributed by atoms with Crippen LogP contribution < -0.4 is 11.1 Å². The van der Waals surface area contributed by atoms with Crippen LogP contribution in [0.2, 0.25) is 0 Å². The summed E-state index contributed by atoms with van der Waals surface area (Å²) in [7, 11) is 3.88. The standard InChI is InChI=1S/C22H45N3O3/c1-5-6-9-15-20(26)16-12-14-19(22(23)28)13-10-7-8-11-17-21(27)24-18(2)25(3)4/h18-20,26H,5-17H2,1-4H3,(H2,23,28)(H,24,27). The van der Waals surface area contributed by atoms with Crippen molar-refractivity contribution in [1.82, 2.24) is 10.2 Å². The fraction of sp³-hybridized carbons (Fsp3) is 0.909. The Hall–Kier alpha value is -1.14. The third-order valence-electron chi connectivity index (χ3n) is 5.48. The van der Waals surface area contributed by atoms with Crippen LogP contribution >= 0.6 is 0 Å². The summed E-state index contributed by atoms with van der Waals surface area (Å²) in [6, 6.07) is 0. The molecule has 0 fully saturated rings. The Balaban J connectivity index is 3.81. The maximum Gasteiger partial charge on any atom is 0.221 e. The number of hydrogen-bond acceptors (Lipinski definition) is 4. The number of hydrogen-bond donors (Lipinski definition) is 3. The van der Waals surface area contributed by atoms with Crippen LogP contribution in [0.5, 0.6) is 0 Å². The highest BCUT2D eigenvalue weighted by molar-refractivity contribution is 5.76. The number of rotatable bonds is 18. The maximum absolute atomic E-state index is 11.8. The van der Waals surface area contributed by atoms with Crippen LogP contribution in [0.1, 0.15) is 97.3 Å². The molecule has 2 amide bonds. The van der Waals surface area contributed by atoms with Gasteiger partial charge < -0.3 is 16.2 Å². The second-order valence-electron chi connectivity index (χ2n) is 8.34. The minimum Gasteiger partial charge on any atom is -0.393 e. The van der Waals surface area contributed by atoms with Gasteiger partial charge in [-0.05, 0) is 53.1 Å². The lowest BCUT2D eigenvalue weighted by molar-refractivity contribution is -0.123. The monoisotopic (exact) mass is 399 g/mol. The van der Waals surface area contributed by atoms with E-state index < -0.39 is 0 Å². The van der Waals surface area contributed by atoms with E-state index in [0.29, 0.717) is 6.42 Å². The Labute approximate surface area is 172 Å². The lowest BCUT2D eigenvalue weighted by atomic mass is 9.93. The molecule has 0 aromatic rings. The van der Waals surface area contributed by atoms with Crippen molar-refractivity contribution in [3.8, 4) is 0 Å². The molecule has 0 aliphatic heterocycles. The van der Waals surface area contributed by atoms with Crippen molar-refractivity contribution in [2.24, 2.45) is 11.7 Å². The van der Waals surface area contributed by atoms with Crippen molar-refractivity contribution in [1.29, 1.82) is 0 Å². The summed E-state index contributed by atoms with van der Waals surface area (Å²) in [5.41, 5.74) is 5.54. The molecule has 0 heterocycles. The number of primary amides is 1. The van der Waals surface area contributed by atoms with Crippen LogP contribution in [0.15, 0.2) is 0 Å². The summed E-state index contributed by atoms with van der Waals surface area (Å²) < 4.78 is 0. The fourth-order valence-electron chi connectivity index (χ4n) is 3.27. The number of aliphatic hydroxyl groups excluding tert-OH is 1. The van der Waals surface area contributed by atoms with E-state index in [0.717, 1.165) is 77.0 Å². The van der Waals surface area contributed by atoms with Crippen LogP contribution in [0.25, 0.3) is 0 Å². The van der Waals surface area contributed by atoms with Gasteiger partial charge in [0, 0.05) is 12.3 Å². The molecule has 0 rings (SSSR count). The first-order valence-electron chi connectivity index (χ1n) is 11.2. The van der Waals surface area contributed by atoms with Crippen molar-refractivity contribution in [2.45, 2.75) is 110 Å². The van der Waals surface area contributed by atoms with Gasteiger partial charge >= 0.3 is 0 Å².